The molecule has 0 saturated carbocycles. The van der Waals surface area contributed by atoms with Crippen LogP contribution in [0, 0.1) is 0 Å². The summed E-state index contributed by atoms with van der Waals surface area (Å²) in [7, 11) is 0. The molecular weight excluding hydrogens is 196 g/mol. The Bertz CT molecular complexity index is 442. The second-order valence-corrected chi connectivity index (χ2v) is 3.11. The Morgan fingerprint density at radius 3 is 2.80 bits per heavy atom. The molecule has 0 aromatic heterocycles. The lowest BCUT2D eigenvalue weighted by atomic mass is 10.1. The number of nitrogen functional groups attached to an aromatic ring is 1. The highest BCUT2D eigenvalue weighted by Crippen LogP contribution is 2.20. The van der Waals surface area contributed by atoms with E-state index in [0.29, 0.717) is 11.4 Å². The molecule has 1 aromatic rings. The van der Waals surface area contributed by atoms with E-state index in [4.69, 9.17) is 5.73 Å². The first-order valence-electron chi connectivity index (χ1n) is 4.35. The number of aromatic hydroxyl groups is 1. The second kappa shape index (κ2) is 3.49. The van der Waals surface area contributed by atoms with Gasteiger partial charge in [0.15, 0.2) is 0 Å². The summed E-state index contributed by atoms with van der Waals surface area (Å²) in [6.45, 7) is 0.0864. The highest BCUT2D eigenvalue weighted by Gasteiger charge is 2.12. The first-order valence-corrected chi connectivity index (χ1v) is 4.35. The maximum absolute atomic E-state index is 10.8. The third kappa shape index (κ3) is 1.83. The van der Waals surface area contributed by atoms with Crippen LogP contribution in [0.25, 0.3) is 0 Å². The van der Waals surface area contributed by atoms with Crippen LogP contribution in [0.5, 0.6) is 5.75 Å². The van der Waals surface area contributed by atoms with Gasteiger partial charge in [0.1, 0.15) is 18.1 Å². The highest BCUT2D eigenvalue weighted by molar-refractivity contribution is 6.03. The summed E-state index contributed by atoms with van der Waals surface area (Å²) in [5, 5.41) is 9.23. The van der Waals surface area contributed by atoms with Crippen molar-refractivity contribution in [1.29, 1.82) is 0 Å². The van der Waals surface area contributed by atoms with Crippen molar-refractivity contribution in [2.45, 2.75) is 0 Å². The Kier molecular flexibility index (Phi) is 2.17. The van der Waals surface area contributed by atoms with E-state index in [1.807, 2.05) is 0 Å². The number of amides is 1. The number of phenols is 1. The van der Waals surface area contributed by atoms with Gasteiger partial charge in [-0.05, 0) is 18.2 Å². The van der Waals surface area contributed by atoms with Crippen LogP contribution in [0.2, 0.25) is 0 Å². The van der Waals surface area contributed by atoms with E-state index in [9.17, 15) is 9.90 Å². The molecule has 78 valence electrons. The zero-order chi connectivity index (χ0) is 10.8. The Balaban J connectivity index is 2.30. The van der Waals surface area contributed by atoms with Crippen LogP contribution in [0.3, 0.4) is 0 Å². The zero-order valence-corrected chi connectivity index (χ0v) is 7.82. The number of carbonyl (C=O) groups is 1. The van der Waals surface area contributed by atoms with Crippen LogP contribution in [-0.4, -0.2) is 23.4 Å². The van der Waals surface area contributed by atoms with Gasteiger partial charge in [-0.3, -0.25) is 20.6 Å². The minimum Gasteiger partial charge on any atom is -0.506 e. The van der Waals surface area contributed by atoms with Gasteiger partial charge in [0.2, 0.25) is 0 Å². The number of phenolic OH excluding ortho intramolecular Hbond substituents is 1. The number of hydrogen-bond donors (Lipinski definition) is 4. The van der Waals surface area contributed by atoms with Crippen molar-refractivity contribution in [3.63, 3.8) is 0 Å². The Morgan fingerprint density at radius 2 is 2.20 bits per heavy atom. The summed E-state index contributed by atoms with van der Waals surface area (Å²) in [5.74, 6) is 0.367. The molecule has 0 bridgehead atoms. The van der Waals surface area contributed by atoms with Crippen LogP contribution in [0.15, 0.2) is 23.2 Å². The van der Waals surface area contributed by atoms with E-state index in [0.717, 1.165) is 0 Å². The molecule has 1 aromatic carbocycles. The molecule has 0 atom stereocenters. The molecular formula is C9H10N4O2. The zero-order valence-electron chi connectivity index (χ0n) is 7.82. The number of carbonyl (C=O) groups excluding carboxylic acids is 1. The molecule has 0 unspecified atom stereocenters. The number of nitrogens with two attached hydrogens (primary N) is 1. The van der Waals surface area contributed by atoms with Crippen LogP contribution < -0.4 is 16.6 Å². The fraction of sp³-hybridized carbons (Fsp3) is 0.111. The molecule has 2 rings (SSSR count). The SMILES string of the molecule is Nc1cc(C2=NCC(=O)NN2)ccc1O. The van der Waals surface area contributed by atoms with Gasteiger partial charge in [0.25, 0.3) is 5.91 Å². The molecule has 1 amide bonds. The van der Waals surface area contributed by atoms with Gasteiger partial charge in [0.05, 0.1) is 5.69 Å². The fourth-order valence-corrected chi connectivity index (χ4v) is 1.22. The van der Waals surface area contributed by atoms with Gasteiger partial charge >= 0.3 is 0 Å². The Labute approximate surface area is 85.8 Å². The van der Waals surface area contributed by atoms with Crippen LogP contribution in [0.4, 0.5) is 5.69 Å². The lowest BCUT2D eigenvalue weighted by Gasteiger charge is -2.15. The normalized spacial score (nSPS) is 15.2. The average Bonchev–Trinajstić information content (AvgIpc) is 2.23. The number of nitrogens with one attached hydrogen (secondary N) is 2. The van der Waals surface area contributed by atoms with E-state index >= 15 is 0 Å². The number of hydrogen-bond acceptors (Lipinski definition) is 5. The molecule has 0 saturated heterocycles. The summed E-state index contributed by atoms with van der Waals surface area (Å²) >= 11 is 0. The maximum Gasteiger partial charge on any atom is 0.260 e. The Hall–Kier alpha value is -2.24. The standard InChI is InChI=1S/C9H10N4O2/c10-6-3-5(1-2-7(6)14)9-11-4-8(15)12-13-9/h1-3,14H,4,10H2,(H,11,13)(H,12,15). The fourth-order valence-electron chi connectivity index (χ4n) is 1.22. The minimum atomic E-state index is -0.189. The van der Waals surface area contributed by atoms with Crippen molar-refractivity contribution in [1.82, 2.24) is 10.9 Å². The molecule has 0 aliphatic carbocycles. The molecule has 1 aliphatic heterocycles. The van der Waals surface area contributed by atoms with Crippen molar-refractivity contribution < 1.29 is 9.90 Å². The lowest BCUT2D eigenvalue weighted by Crippen LogP contribution is -2.47. The molecule has 6 heteroatoms. The molecule has 1 heterocycles. The van der Waals surface area contributed by atoms with Crippen molar-refractivity contribution in [2.24, 2.45) is 4.99 Å². The number of anilines is 1. The second-order valence-electron chi connectivity index (χ2n) is 3.11. The monoisotopic (exact) mass is 206 g/mol. The molecule has 1 aliphatic rings. The molecule has 5 N–H and O–H groups in total. The average molecular weight is 206 g/mol. The predicted octanol–water partition coefficient (Wildman–Crippen LogP) is -0.645. The highest BCUT2D eigenvalue weighted by atomic mass is 16.3. The Morgan fingerprint density at radius 1 is 1.40 bits per heavy atom. The van der Waals surface area contributed by atoms with Gasteiger partial charge in [-0.25, -0.2) is 0 Å². The van der Waals surface area contributed by atoms with Crippen LogP contribution in [0.1, 0.15) is 5.56 Å². The number of hydrazine groups is 1. The summed E-state index contributed by atoms with van der Waals surface area (Å²) in [5.41, 5.74) is 11.6. The molecule has 0 radical (unpaired) electrons. The number of benzene rings is 1. The molecule has 0 fully saturated rings. The van der Waals surface area contributed by atoms with Gasteiger partial charge in [-0.2, -0.15) is 0 Å². The minimum absolute atomic E-state index is 0.0270. The molecule has 6 nitrogen and oxygen atoms in total. The molecule has 15 heavy (non-hydrogen) atoms. The van der Waals surface area contributed by atoms with Crippen molar-refractivity contribution in [2.75, 3.05) is 12.3 Å². The van der Waals surface area contributed by atoms with Crippen molar-refractivity contribution >= 4 is 17.4 Å². The third-order valence-electron chi connectivity index (χ3n) is 2.00. The van der Waals surface area contributed by atoms with Gasteiger partial charge in [-0.15, -0.1) is 0 Å². The number of nitrogens with zero attached hydrogens (tertiary/aromatic N) is 1. The van der Waals surface area contributed by atoms with Crippen molar-refractivity contribution in [3.05, 3.63) is 23.8 Å². The smallest absolute Gasteiger partial charge is 0.260 e. The maximum atomic E-state index is 10.8. The summed E-state index contributed by atoms with van der Waals surface area (Å²) < 4.78 is 0. The first-order chi connectivity index (χ1) is 7.16. The first kappa shape index (κ1) is 9.32. The van der Waals surface area contributed by atoms with Gasteiger partial charge < -0.3 is 10.8 Å². The predicted molar refractivity (Wildman–Crippen MR) is 55.2 cm³/mol. The van der Waals surface area contributed by atoms with Gasteiger partial charge in [-0.1, -0.05) is 0 Å². The largest absolute Gasteiger partial charge is 0.506 e. The topological polar surface area (TPSA) is 99.7 Å². The lowest BCUT2D eigenvalue weighted by molar-refractivity contribution is -0.120. The van der Waals surface area contributed by atoms with Crippen molar-refractivity contribution in [3.8, 4) is 5.75 Å². The van der Waals surface area contributed by atoms with E-state index in [1.54, 1.807) is 12.1 Å². The van der Waals surface area contributed by atoms with Crippen LogP contribution >= 0.6 is 0 Å². The van der Waals surface area contributed by atoms with Gasteiger partial charge in [0, 0.05) is 5.56 Å². The number of aliphatic imine (C=N–C) groups is 1. The molecule has 0 spiro atoms. The van der Waals surface area contributed by atoms with E-state index in [2.05, 4.69) is 15.8 Å². The summed E-state index contributed by atoms with van der Waals surface area (Å²) in [4.78, 5) is 14.8. The van der Waals surface area contributed by atoms with E-state index in [-0.39, 0.29) is 23.9 Å². The third-order valence-corrected chi connectivity index (χ3v) is 2.00. The van der Waals surface area contributed by atoms with E-state index < -0.39 is 0 Å². The number of amidine groups is 1. The quantitative estimate of drug-likeness (QED) is 0.362. The van der Waals surface area contributed by atoms with Crippen LogP contribution in [-0.2, 0) is 4.79 Å². The summed E-state index contributed by atoms with van der Waals surface area (Å²) in [6.07, 6.45) is 0. The summed E-state index contributed by atoms with van der Waals surface area (Å²) in [6, 6.07) is 4.72. The number of rotatable bonds is 1. The van der Waals surface area contributed by atoms with E-state index in [1.165, 1.54) is 6.07 Å².